The van der Waals surface area contributed by atoms with Gasteiger partial charge in [-0.25, -0.2) is 0 Å². The second kappa shape index (κ2) is 12.7. The lowest BCUT2D eigenvalue weighted by Gasteiger charge is -2.05. The molecule has 0 amide bonds. The molecule has 0 aliphatic rings. The number of alkyl halides is 2. The average Bonchev–Trinajstić information content (AvgIpc) is 2.28. The highest BCUT2D eigenvalue weighted by Crippen LogP contribution is 2.15. The largest absolute Gasteiger partial charge is 0.251 e. The van der Waals surface area contributed by atoms with E-state index in [4.69, 9.17) is 0 Å². The van der Waals surface area contributed by atoms with Crippen molar-refractivity contribution < 1.29 is 8.78 Å². The average molecular weight is 232 g/mol. The topological polar surface area (TPSA) is 0 Å². The quantitative estimate of drug-likeness (QED) is 0.313. The highest BCUT2D eigenvalue weighted by atomic mass is 19.1. The lowest BCUT2D eigenvalue weighted by molar-refractivity contribution is 0.450. The van der Waals surface area contributed by atoms with Crippen molar-refractivity contribution in [2.24, 2.45) is 0 Å². The molecule has 96 valence electrons. The van der Waals surface area contributed by atoms with Gasteiger partial charge in [-0.1, -0.05) is 37.8 Å². The van der Waals surface area contributed by atoms with Crippen molar-refractivity contribution in [2.75, 3.05) is 13.3 Å². The maximum absolute atomic E-state index is 11.8. The van der Waals surface area contributed by atoms with Crippen LogP contribution in [0, 0.1) is 0 Å². The molecule has 0 aliphatic heterocycles. The highest BCUT2D eigenvalue weighted by Gasteiger charge is 1.96. The summed E-state index contributed by atoms with van der Waals surface area (Å²) in [5.74, 6) is 0. The van der Waals surface area contributed by atoms with Gasteiger partial charge in [0.2, 0.25) is 0 Å². The van der Waals surface area contributed by atoms with Crippen molar-refractivity contribution in [3.8, 4) is 0 Å². The molecule has 0 aliphatic carbocycles. The van der Waals surface area contributed by atoms with Crippen molar-refractivity contribution in [2.45, 2.75) is 64.2 Å². The van der Waals surface area contributed by atoms with Gasteiger partial charge in [-0.15, -0.1) is 0 Å². The number of allylic oxidation sites excluding steroid dienone is 1. The van der Waals surface area contributed by atoms with E-state index in [-0.39, 0.29) is 13.3 Å². The Morgan fingerprint density at radius 1 is 0.625 bits per heavy atom. The molecule has 0 radical (unpaired) electrons. The molecular formula is C14H26F2. The summed E-state index contributed by atoms with van der Waals surface area (Å²) in [5.41, 5.74) is 1.31. The molecule has 0 nitrogen and oxygen atoms in total. The number of hydrogen-bond acceptors (Lipinski definition) is 0. The van der Waals surface area contributed by atoms with Gasteiger partial charge in [0, 0.05) is 0 Å². The molecule has 0 unspecified atom stereocenters. The molecule has 0 aromatic heterocycles. The molecule has 0 spiro atoms. The van der Waals surface area contributed by atoms with E-state index in [2.05, 4.69) is 6.58 Å². The van der Waals surface area contributed by atoms with Gasteiger partial charge in [-0.3, -0.25) is 8.78 Å². The zero-order valence-electron chi connectivity index (χ0n) is 10.4. The van der Waals surface area contributed by atoms with Crippen LogP contribution in [0.2, 0.25) is 0 Å². The van der Waals surface area contributed by atoms with Gasteiger partial charge in [-0.05, 0) is 38.5 Å². The molecule has 0 saturated carbocycles. The smallest absolute Gasteiger partial charge is 0.0894 e. The molecule has 0 fully saturated rings. The van der Waals surface area contributed by atoms with Gasteiger partial charge < -0.3 is 0 Å². The van der Waals surface area contributed by atoms with Gasteiger partial charge >= 0.3 is 0 Å². The van der Waals surface area contributed by atoms with Crippen molar-refractivity contribution in [1.29, 1.82) is 0 Å². The van der Waals surface area contributed by atoms with Crippen LogP contribution in [0.4, 0.5) is 8.78 Å². The SMILES string of the molecule is C=C(CCCCCCF)CCCCCCF. The molecule has 0 saturated heterocycles. The minimum absolute atomic E-state index is 0.185. The van der Waals surface area contributed by atoms with E-state index in [1.165, 1.54) is 5.57 Å². The van der Waals surface area contributed by atoms with E-state index in [9.17, 15) is 8.78 Å². The maximum atomic E-state index is 11.8. The zero-order valence-corrected chi connectivity index (χ0v) is 10.4. The summed E-state index contributed by atoms with van der Waals surface area (Å²) < 4.78 is 23.6. The van der Waals surface area contributed by atoms with Crippen LogP contribution >= 0.6 is 0 Å². The van der Waals surface area contributed by atoms with E-state index in [1.807, 2.05) is 0 Å². The minimum Gasteiger partial charge on any atom is -0.251 e. The molecule has 2 heteroatoms. The zero-order chi connectivity index (χ0) is 12.1. The summed E-state index contributed by atoms with van der Waals surface area (Å²) in [4.78, 5) is 0. The lowest BCUT2D eigenvalue weighted by atomic mass is 10.0. The Labute approximate surface area is 99.1 Å². The van der Waals surface area contributed by atoms with Crippen LogP contribution in [0.15, 0.2) is 12.2 Å². The van der Waals surface area contributed by atoms with E-state index in [1.54, 1.807) is 0 Å². The fourth-order valence-electron chi connectivity index (χ4n) is 1.77. The summed E-state index contributed by atoms with van der Waals surface area (Å²) in [6.07, 6.45) is 10.1. The standard InChI is InChI=1S/C14H26F2/c1-14(10-6-2-4-8-12-15)11-7-3-5-9-13-16/h1-13H2. The van der Waals surface area contributed by atoms with Gasteiger partial charge in [-0.2, -0.15) is 0 Å². The Morgan fingerprint density at radius 3 is 1.38 bits per heavy atom. The third kappa shape index (κ3) is 11.7. The van der Waals surface area contributed by atoms with E-state index in [0.29, 0.717) is 12.8 Å². The number of halogens is 2. The van der Waals surface area contributed by atoms with Crippen LogP contribution in [0.1, 0.15) is 64.2 Å². The van der Waals surface area contributed by atoms with Crippen LogP contribution < -0.4 is 0 Å². The first-order chi connectivity index (χ1) is 7.81. The van der Waals surface area contributed by atoms with Gasteiger partial charge in [0.25, 0.3) is 0 Å². The maximum Gasteiger partial charge on any atom is 0.0894 e. The summed E-state index contributed by atoms with van der Waals surface area (Å²) in [5, 5.41) is 0. The van der Waals surface area contributed by atoms with E-state index in [0.717, 1.165) is 51.4 Å². The second-order valence-electron chi connectivity index (χ2n) is 4.46. The van der Waals surface area contributed by atoms with Gasteiger partial charge in [0.1, 0.15) is 0 Å². The predicted octanol–water partition coefficient (Wildman–Crippen LogP) is 5.38. The molecule has 0 aromatic rings. The van der Waals surface area contributed by atoms with E-state index < -0.39 is 0 Å². The summed E-state index contributed by atoms with van der Waals surface area (Å²) >= 11 is 0. The van der Waals surface area contributed by atoms with Crippen LogP contribution in [0.25, 0.3) is 0 Å². The molecule has 0 N–H and O–H groups in total. The second-order valence-corrected chi connectivity index (χ2v) is 4.46. The summed E-state index contributed by atoms with van der Waals surface area (Å²) in [6.45, 7) is 3.67. The fourth-order valence-corrected chi connectivity index (χ4v) is 1.77. The Balaban J connectivity index is 3.12. The Kier molecular flexibility index (Phi) is 12.4. The highest BCUT2D eigenvalue weighted by molar-refractivity contribution is 4.93. The molecule has 0 aromatic carbocycles. The van der Waals surface area contributed by atoms with Crippen molar-refractivity contribution in [3.63, 3.8) is 0 Å². The number of hydrogen-bond donors (Lipinski definition) is 0. The molecule has 0 atom stereocenters. The Hall–Kier alpha value is -0.400. The first kappa shape index (κ1) is 15.6. The minimum atomic E-state index is -0.185. The van der Waals surface area contributed by atoms with Gasteiger partial charge in [0.15, 0.2) is 0 Å². The lowest BCUT2D eigenvalue weighted by Crippen LogP contribution is -1.86. The Morgan fingerprint density at radius 2 is 1.00 bits per heavy atom. The van der Waals surface area contributed by atoms with Crippen LogP contribution in [0.3, 0.4) is 0 Å². The fraction of sp³-hybridized carbons (Fsp3) is 0.857. The molecular weight excluding hydrogens is 206 g/mol. The number of rotatable bonds is 12. The molecule has 0 bridgehead atoms. The predicted molar refractivity (Wildman–Crippen MR) is 67.3 cm³/mol. The summed E-state index contributed by atoms with van der Waals surface area (Å²) in [7, 11) is 0. The molecule has 0 rings (SSSR count). The van der Waals surface area contributed by atoms with Crippen molar-refractivity contribution >= 4 is 0 Å². The Bertz CT molecular complexity index is 139. The van der Waals surface area contributed by atoms with Gasteiger partial charge in [0.05, 0.1) is 13.3 Å². The third-order valence-corrected chi connectivity index (χ3v) is 2.83. The molecule has 16 heavy (non-hydrogen) atoms. The first-order valence-corrected chi connectivity index (χ1v) is 6.60. The van der Waals surface area contributed by atoms with Crippen molar-refractivity contribution in [1.82, 2.24) is 0 Å². The van der Waals surface area contributed by atoms with Crippen LogP contribution in [-0.4, -0.2) is 13.3 Å². The van der Waals surface area contributed by atoms with E-state index >= 15 is 0 Å². The monoisotopic (exact) mass is 232 g/mol. The van der Waals surface area contributed by atoms with Crippen molar-refractivity contribution in [3.05, 3.63) is 12.2 Å². The molecule has 0 heterocycles. The van der Waals surface area contributed by atoms with Crippen LogP contribution in [-0.2, 0) is 0 Å². The normalized spacial score (nSPS) is 10.6. The summed E-state index contributed by atoms with van der Waals surface area (Å²) in [6, 6.07) is 0. The number of unbranched alkanes of at least 4 members (excludes halogenated alkanes) is 6. The first-order valence-electron chi connectivity index (χ1n) is 6.60. The van der Waals surface area contributed by atoms with Crippen LogP contribution in [0.5, 0.6) is 0 Å². The third-order valence-electron chi connectivity index (χ3n) is 2.83.